The van der Waals surface area contributed by atoms with Crippen molar-refractivity contribution in [2.45, 2.75) is 59.5 Å². The van der Waals surface area contributed by atoms with Gasteiger partial charge in [-0.2, -0.15) is 0 Å². The van der Waals surface area contributed by atoms with Gasteiger partial charge in [-0.15, -0.1) is 0 Å². The number of carbonyl (C=O) groups excluding carboxylic acids is 2. The van der Waals surface area contributed by atoms with E-state index in [2.05, 4.69) is 28.2 Å². The van der Waals surface area contributed by atoms with Crippen LogP contribution in [-0.4, -0.2) is 35.9 Å². The highest BCUT2D eigenvalue weighted by Crippen LogP contribution is 2.26. The Bertz CT molecular complexity index is 1170. The molecule has 0 heterocycles. The molecule has 0 spiro atoms. The number of hydrogen-bond donors (Lipinski definition) is 1. The highest BCUT2D eigenvalue weighted by molar-refractivity contribution is 9.10. The van der Waals surface area contributed by atoms with Crippen LogP contribution < -0.4 is 10.1 Å². The molecule has 3 aromatic rings. The van der Waals surface area contributed by atoms with Gasteiger partial charge in [-0.25, -0.2) is 0 Å². The number of hydrogen-bond acceptors (Lipinski definition) is 3. The molecular weight excluding hydrogens is 528 g/mol. The molecule has 1 atom stereocenters. The van der Waals surface area contributed by atoms with Crippen LogP contribution in [0.3, 0.4) is 0 Å². The van der Waals surface area contributed by atoms with Crippen LogP contribution in [0.15, 0.2) is 71.2 Å². The fourth-order valence-corrected chi connectivity index (χ4v) is 4.48. The quantitative estimate of drug-likeness (QED) is 0.262. The number of nitrogens with one attached hydrogen (secondary N) is 1. The second-order valence-corrected chi connectivity index (χ2v) is 10.3. The van der Waals surface area contributed by atoms with Crippen LogP contribution in [0.5, 0.6) is 5.75 Å². The van der Waals surface area contributed by atoms with Crippen LogP contribution in [0.25, 0.3) is 0 Å². The zero-order chi connectivity index (χ0) is 26.8. The maximum Gasteiger partial charge on any atom is 0.261 e. The smallest absolute Gasteiger partial charge is 0.261 e. The molecule has 3 aromatic carbocycles. The largest absolute Gasteiger partial charge is 0.484 e. The van der Waals surface area contributed by atoms with E-state index in [9.17, 15) is 9.59 Å². The Morgan fingerprint density at radius 1 is 0.946 bits per heavy atom. The summed E-state index contributed by atoms with van der Waals surface area (Å²) < 4.78 is 7.00. The monoisotopic (exact) mass is 564 g/mol. The first kappa shape index (κ1) is 28.5. The lowest BCUT2D eigenvalue weighted by Gasteiger charge is -2.32. The number of amides is 2. The molecular formula is C31H37BrN2O3. The van der Waals surface area contributed by atoms with Crippen LogP contribution in [0.2, 0.25) is 0 Å². The Kier molecular flexibility index (Phi) is 10.8. The zero-order valence-electron chi connectivity index (χ0n) is 22.2. The predicted octanol–water partition coefficient (Wildman–Crippen LogP) is 6.31. The summed E-state index contributed by atoms with van der Waals surface area (Å²) in [6.07, 6.45) is 2.29. The Morgan fingerprint density at radius 2 is 1.59 bits per heavy atom. The van der Waals surface area contributed by atoms with Gasteiger partial charge in [0.05, 0.1) is 0 Å². The maximum absolute atomic E-state index is 13.7. The molecule has 0 fully saturated rings. The standard InChI is InChI=1S/C31H37BrN2O3/c1-5-6-16-33-31(36)28(19-25-13-8-7-9-14-25)34(20-26-15-11-10-12-22(26)2)29(35)21-37-27-17-23(3)30(32)24(4)18-27/h7-15,17-18,28H,5-6,16,19-21H2,1-4H3,(H,33,36). The minimum absolute atomic E-state index is 0.144. The average Bonchev–Trinajstić information content (AvgIpc) is 2.89. The third-order valence-electron chi connectivity index (χ3n) is 6.47. The van der Waals surface area contributed by atoms with Gasteiger partial charge in [0, 0.05) is 24.0 Å². The van der Waals surface area contributed by atoms with Crippen LogP contribution in [0.1, 0.15) is 47.6 Å². The van der Waals surface area contributed by atoms with Gasteiger partial charge >= 0.3 is 0 Å². The van der Waals surface area contributed by atoms with Crippen molar-refractivity contribution >= 4 is 27.7 Å². The Balaban J connectivity index is 1.91. The van der Waals surface area contributed by atoms with Crippen molar-refractivity contribution in [3.8, 4) is 5.75 Å². The molecule has 0 aromatic heterocycles. The summed E-state index contributed by atoms with van der Waals surface area (Å²) in [5.74, 6) is 0.261. The highest BCUT2D eigenvalue weighted by Gasteiger charge is 2.31. The molecule has 0 radical (unpaired) electrons. The minimum atomic E-state index is -0.664. The van der Waals surface area contributed by atoms with E-state index in [-0.39, 0.29) is 18.4 Å². The maximum atomic E-state index is 13.7. The second-order valence-electron chi connectivity index (χ2n) is 9.46. The van der Waals surface area contributed by atoms with E-state index in [1.807, 2.05) is 87.5 Å². The van der Waals surface area contributed by atoms with Gasteiger partial charge in [0.25, 0.3) is 5.91 Å². The molecule has 0 aliphatic rings. The van der Waals surface area contributed by atoms with Crippen molar-refractivity contribution in [3.63, 3.8) is 0 Å². The van der Waals surface area contributed by atoms with Crippen LogP contribution in [0, 0.1) is 20.8 Å². The summed E-state index contributed by atoms with van der Waals surface area (Å²) >= 11 is 3.58. The first-order chi connectivity index (χ1) is 17.8. The molecule has 1 N–H and O–H groups in total. The van der Waals surface area contributed by atoms with Crippen molar-refractivity contribution in [1.82, 2.24) is 10.2 Å². The van der Waals surface area contributed by atoms with Crippen LogP contribution in [0.4, 0.5) is 0 Å². The molecule has 3 rings (SSSR count). The highest BCUT2D eigenvalue weighted by atomic mass is 79.9. The number of carbonyl (C=O) groups is 2. The van der Waals surface area contributed by atoms with Gasteiger partial charge in [0.2, 0.25) is 5.91 Å². The fraction of sp³-hybridized carbons (Fsp3) is 0.355. The van der Waals surface area contributed by atoms with E-state index in [1.165, 1.54) is 0 Å². The van der Waals surface area contributed by atoms with E-state index < -0.39 is 6.04 Å². The third kappa shape index (κ3) is 8.19. The van der Waals surface area contributed by atoms with Gasteiger partial charge in [0.15, 0.2) is 6.61 Å². The van der Waals surface area contributed by atoms with Crippen molar-refractivity contribution in [2.75, 3.05) is 13.2 Å². The summed E-state index contributed by atoms with van der Waals surface area (Å²) in [6, 6.07) is 21.0. The first-order valence-corrected chi connectivity index (χ1v) is 13.6. The summed E-state index contributed by atoms with van der Waals surface area (Å²) in [6.45, 7) is 8.85. The molecule has 0 bridgehead atoms. The summed E-state index contributed by atoms with van der Waals surface area (Å²) in [5, 5.41) is 3.06. The molecule has 6 heteroatoms. The van der Waals surface area contributed by atoms with E-state index in [4.69, 9.17) is 4.74 Å². The van der Waals surface area contributed by atoms with Gasteiger partial charge in [0.1, 0.15) is 11.8 Å². The van der Waals surface area contributed by atoms with Crippen molar-refractivity contribution in [3.05, 3.63) is 99.0 Å². The molecule has 2 amide bonds. The lowest BCUT2D eigenvalue weighted by Crippen LogP contribution is -2.52. The van der Waals surface area contributed by atoms with Gasteiger partial charge in [-0.05, 0) is 67.1 Å². The number of ether oxygens (including phenoxy) is 1. The van der Waals surface area contributed by atoms with Crippen molar-refractivity contribution in [1.29, 1.82) is 0 Å². The number of nitrogens with zero attached hydrogens (tertiary/aromatic N) is 1. The molecule has 0 saturated carbocycles. The van der Waals surface area contributed by atoms with Crippen molar-refractivity contribution in [2.24, 2.45) is 0 Å². The second kappa shape index (κ2) is 14.0. The third-order valence-corrected chi connectivity index (χ3v) is 7.73. The zero-order valence-corrected chi connectivity index (χ0v) is 23.8. The Hall–Kier alpha value is -3.12. The topological polar surface area (TPSA) is 58.6 Å². The van der Waals surface area contributed by atoms with Gasteiger partial charge < -0.3 is 15.0 Å². The number of halogens is 1. The normalized spacial score (nSPS) is 11.6. The number of benzene rings is 3. The number of rotatable bonds is 12. The first-order valence-electron chi connectivity index (χ1n) is 12.8. The minimum Gasteiger partial charge on any atom is -0.484 e. The van der Waals surface area contributed by atoms with E-state index in [0.29, 0.717) is 25.3 Å². The number of aryl methyl sites for hydroxylation is 3. The lowest BCUT2D eigenvalue weighted by molar-refractivity contribution is -0.142. The Labute approximate surface area is 229 Å². The number of unbranched alkanes of at least 4 members (excludes halogenated alkanes) is 1. The molecule has 37 heavy (non-hydrogen) atoms. The summed E-state index contributed by atoms with van der Waals surface area (Å²) in [4.78, 5) is 28.9. The average molecular weight is 566 g/mol. The van der Waals surface area contributed by atoms with E-state index >= 15 is 0 Å². The molecule has 0 saturated heterocycles. The van der Waals surface area contributed by atoms with Crippen molar-refractivity contribution < 1.29 is 14.3 Å². The van der Waals surface area contributed by atoms with Crippen LogP contribution >= 0.6 is 15.9 Å². The van der Waals surface area contributed by atoms with E-state index in [0.717, 1.165) is 45.1 Å². The molecule has 0 aliphatic carbocycles. The molecule has 5 nitrogen and oxygen atoms in total. The molecule has 1 unspecified atom stereocenters. The summed E-state index contributed by atoms with van der Waals surface area (Å²) in [7, 11) is 0. The predicted molar refractivity (Wildman–Crippen MR) is 153 cm³/mol. The Morgan fingerprint density at radius 3 is 2.24 bits per heavy atom. The summed E-state index contributed by atoms with van der Waals surface area (Å²) in [5.41, 5.74) is 5.16. The van der Waals surface area contributed by atoms with Gasteiger partial charge in [-0.3, -0.25) is 9.59 Å². The fourth-order valence-electron chi connectivity index (χ4n) is 4.25. The van der Waals surface area contributed by atoms with E-state index in [1.54, 1.807) is 4.90 Å². The lowest BCUT2D eigenvalue weighted by atomic mass is 10.0. The molecule has 196 valence electrons. The SMILES string of the molecule is CCCCNC(=O)C(Cc1ccccc1)N(Cc1ccccc1C)C(=O)COc1cc(C)c(Br)c(C)c1. The van der Waals surface area contributed by atoms with Crippen LogP contribution in [-0.2, 0) is 22.6 Å². The molecule has 0 aliphatic heterocycles. The van der Waals surface area contributed by atoms with Gasteiger partial charge in [-0.1, -0.05) is 83.9 Å².